The summed E-state index contributed by atoms with van der Waals surface area (Å²) < 4.78 is 32.9. The number of rotatable bonds is 6. The van der Waals surface area contributed by atoms with Gasteiger partial charge in [0.15, 0.2) is 0 Å². The van der Waals surface area contributed by atoms with Gasteiger partial charge in [-0.25, -0.2) is 13.2 Å². The van der Waals surface area contributed by atoms with Gasteiger partial charge in [-0.05, 0) is 43.9 Å². The zero-order chi connectivity index (χ0) is 21.7. The van der Waals surface area contributed by atoms with Gasteiger partial charge in [0.1, 0.15) is 10.6 Å². The Hall–Kier alpha value is -2.65. The molecule has 4 rings (SSSR count). The molecule has 2 heterocycles. The van der Waals surface area contributed by atoms with Gasteiger partial charge in [0.05, 0.1) is 6.10 Å². The largest absolute Gasteiger partial charge is 0.490 e. The van der Waals surface area contributed by atoms with E-state index in [2.05, 4.69) is 10.3 Å². The van der Waals surface area contributed by atoms with Gasteiger partial charge >= 0.3 is 6.03 Å². The molecule has 166 valence electrons. The molecule has 0 atom stereocenters. The number of urea groups is 1. The van der Waals surface area contributed by atoms with E-state index < -0.39 is 10.0 Å². The maximum absolute atomic E-state index is 12.7. The quantitative estimate of drug-likeness (QED) is 0.740. The van der Waals surface area contributed by atoms with Crippen molar-refractivity contribution in [1.82, 2.24) is 19.5 Å². The fraction of sp³-hybridized carbons (Fsp3) is 0.455. The lowest BCUT2D eigenvalue weighted by Crippen LogP contribution is -2.52. The number of benzene rings is 1. The molecule has 1 aliphatic carbocycles. The van der Waals surface area contributed by atoms with Gasteiger partial charge in [-0.1, -0.05) is 18.2 Å². The minimum Gasteiger partial charge on any atom is -0.490 e. The summed E-state index contributed by atoms with van der Waals surface area (Å²) in [6.07, 6.45) is 7.70. The number of aromatic nitrogens is 1. The van der Waals surface area contributed by atoms with Crippen LogP contribution in [0, 0.1) is 0 Å². The summed E-state index contributed by atoms with van der Waals surface area (Å²) in [7, 11) is -3.59. The molecule has 1 saturated carbocycles. The molecular weight excluding hydrogens is 416 g/mol. The number of nitrogens with zero attached hydrogens (tertiary/aromatic N) is 3. The Kier molecular flexibility index (Phi) is 6.72. The van der Waals surface area contributed by atoms with Gasteiger partial charge in [0, 0.05) is 50.7 Å². The predicted molar refractivity (Wildman–Crippen MR) is 116 cm³/mol. The molecule has 31 heavy (non-hydrogen) atoms. The number of nitrogens with one attached hydrogen (secondary N) is 1. The zero-order valence-electron chi connectivity index (χ0n) is 17.4. The molecular formula is C22H28N4O4S. The van der Waals surface area contributed by atoms with E-state index in [1.165, 1.54) is 35.6 Å². The first-order valence-corrected chi connectivity index (χ1v) is 12.2. The Bertz CT molecular complexity index is 986. The second-order valence-corrected chi connectivity index (χ2v) is 9.81. The van der Waals surface area contributed by atoms with Crippen molar-refractivity contribution in [3.05, 3.63) is 54.4 Å². The zero-order valence-corrected chi connectivity index (χ0v) is 18.3. The van der Waals surface area contributed by atoms with Crippen LogP contribution in [0.1, 0.15) is 31.2 Å². The molecule has 1 aromatic heterocycles. The lowest BCUT2D eigenvalue weighted by Gasteiger charge is -2.34. The first-order valence-electron chi connectivity index (χ1n) is 10.7. The van der Waals surface area contributed by atoms with Crippen molar-refractivity contribution in [2.24, 2.45) is 0 Å². The number of hydrogen-bond acceptors (Lipinski definition) is 5. The fourth-order valence-electron chi connectivity index (χ4n) is 4.01. The Morgan fingerprint density at radius 1 is 1.06 bits per heavy atom. The molecule has 1 N–H and O–H groups in total. The molecule has 0 radical (unpaired) electrons. The lowest BCUT2D eigenvalue weighted by molar-refractivity contribution is 0.171. The summed E-state index contributed by atoms with van der Waals surface area (Å²) in [5.74, 6) is 0.821. The van der Waals surface area contributed by atoms with Crippen molar-refractivity contribution in [1.29, 1.82) is 0 Å². The molecule has 1 aromatic carbocycles. The standard InChI is InChI=1S/C22H28N4O4S/c27-22(24-16-18-6-1-4-10-21(18)30-19-7-2-3-8-19)25-12-14-26(15-13-25)31(28,29)20-9-5-11-23-17-20/h1,4-6,9-11,17,19H,2-3,7-8,12-16H2,(H,24,27). The maximum Gasteiger partial charge on any atom is 0.317 e. The molecule has 0 spiro atoms. The molecule has 1 aliphatic heterocycles. The Morgan fingerprint density at radius 3 is 2.52 bits per heavy atom. The number of hydrogen-bond donors (Lipinski definition) is 1. The van der Waals surface area contributed by atoms with Crippen LogP contribution in [0.5, 0.6) is 5.75 Å². The smallest absolute Gasteiger partial charge is 0.317 e. The predicted octanol–water partition coefficient (Wildman–Crippen LogP) is 2.62. The highest BCUT2D eigenvalue weighted by molar-refractivity contribution is 7.89. The molecule has 2 amide bonds. The normalized spacial score (nSPS) is 18.1. The highest BCUT2D eigenvalue weighted by atomic mass is 32.2. The topological polar surface area (TPSA) is 91.8 Å². The van der Waals surface area contributed by atoms with Crippen molar-refractivity contribution in [3.63, 3.8) is 0 Å². The number of carbonyl (C=O) groups excluding carboxylic acids is 1. The molecule has 1 saturated heterocycles. The Balaban J connectivity index is 1.30. The molecule has 9 heteroatoms. The summed E-state index contributed by atoms with van der Waals surface area (Å²) in [5.41, 5.74) is 0.945. The average Bonchev–Trinajstić information content (AvgIpc) is 3.32. The summed E-state index contributed by atoms with van der Waals surface area (Å²) in [6, 6.07) is 10.7. The van der Waals surface area contributed by atoms with Gasteiger partial charge in [-0.3, -0.25) is 4.98 Å². The van der Waals surface area contributed by atoms with Crippen LogP contribution in [0.15, 0.2) is 53.7 Å². The van der Waals surface area contributed by atoms with Gasteiger partial charge in [-0.2, -0.15) is 4.31 Å². The SMILES string of the molecule is O=C(NCc1ccccc1OC1CCCC1)N1CCN(S(=O)(=O)c2cccnc2)CC1. The summed E-state index contributed by atoms with van der Waals surface area (Å²) in [4.78, 5) is 18.4. The molecule has 8 nitrogen and oxygen atoms in total. The van der Waals surface area contributed by atoms with E-state index in [9.17, 15) is 13.2 Å². The van der Waals surface area contributed by atoms with E-state index in [4.69, 9.17) is 4.74 Å². The van der Waals surface area contributed by atoms with Crippen LogP contribution in [0.25, 0.3) is 0 Å². The fourth-order valence-corrected chi connectivity index (χ4v) is 5.40. The maximum atomic E-state index is 12.7. The third-order valence-corrected chi connectivity index (χ3v) is 7.68. The van der Waals surface area contributed by atoms with Crippen LogP contribution in [0.3, 0.4) is 0 Å². The molecule has 0 bridgehead atoms. The molecule has 2 aliphatic rings. The monoisotopic (exact) mass is 444 g/mol. The van der Waals surface area contributed by atoms with Crippen molar-refractivity contribution in [3.8, 4) is 5.75 Å². The Morgan fingerprint density at radius 2 is 1.81 bits per heavy atom. The van der Waals surface area contributed by atoms with E-state index >= 15 is 0 Å². The number of pyridine rings is 1. The second kappa shape index (κ2) is 9.65. The first-order chi connectivity index (χ1) is 15.0. The highest BCUT2D eigenvalue weighted by Crippen LogP contribution is 2.26. The van der Waals surface area contributed by atoms with Crippen LogP contribution in [-0.2, 0) is 16.6 Å². The van der Waals surface area contributed by atoms with Crippen molar-refractivity contribution < 1.29 is 17.9 Å². The van der Waals surface area contributed by atoms with E-state index in [0.29, 0.717) is 19.6 Å². The number of piperazine rings is 1. The van der Waals surface area contributed by atoms with Crippen LogP contribution in [0.2, 0.25) is 0 Å². The van der Waals surface area contributed by atoms with Gasteiger partial charge in [-0.15, -0.1) is 0 Å². The van der Waals surface area contributed by atoms with Crippen molar-refractivity contribution >= 4 is 16.1 Å². The van der Waals surface area contributed by atoms with Crippen LogP contribution in [-0.4, -0.2) is 60.9 Å². The first kappa shape index (κ1) is 21.6. The number of sulfonamides is 1. The summed E-state index contributed by atoms with van der Waals surface area (Å²) >= 11 is 0. The number of carbonyl (C=O) groups is 1. The Labute approximate surface area is 183 Å². The number of para-hydroxylation sites is 1. The van der Waals surface area contributed by atoms with E-state index in [1.54, 1.807) is 11.0 Å². The third-order valence-electron chi connectivity index (χ3n) is 5.80. The third kappa shape index (κ3) is 5.16. The second-order valence-electron chi connectivity index (χ2n) is 7.87. The van der Waals surface area contributed by atoms with E-state index in [0.717, 1.165) is 24.2 Å². The summed E-state index contributed by atoms with van der Waals surface area (Å²) in [5, 5.41) is 2.95. The van der Waals surface area contributed by atoms with E-state index in [-0.39, 0.29) is 30.1 Å². The highest BCUT2D eigenvalue weighted by Gasteiger charge is 2.30. The summed E-state index contributed by atoms with van der Waals surface area (Å²) in [6.45, 7) is 1.56. The lowest BCUT2D eigenvalue weighted by atomic mass is 10.2. The van der Waals surface area contributed by atoms with Crippen molar-refractivity contribution in [2.75, 3.05) is 26.2 Å². The number of amides is 2. The van der Waals surface area contributed by atoms with Gasteiger partial charge in [0.2, 0.25) is 10.0 Å². The molecule has 2 aromatic rings. The van der Waals surface area contributed by atoms with Gasteiger partial charge < -0.3 is 15.0 Å². The molecule has 0 unspecified atom stereocenters. The minimum absolute atomic E-state index is 0.173. The van der Waals surface area contributed by atoms with E-state index in [1.807, 2.05) is 24.3 Å². The molecule has 2 fully saturated rings. The number of ether oxygens (including phenoxy) is 1. The van der Waals surface area contributed by atoms with Crippen LogP contribution >= 0.6 is 0 Å². The van der Waals surface area contributed by atoms with Crippen LogP contribution in [0.4, 0.5) is 4.79 Å². The minimum atomic E-state index is -3.59. The van der Waals surface area contributed by atoms with Crippen molar-refractivity contribution in [2.45, 2.75) is 43.2 Å². The van der Waals surface area contributed by atoms with Crippen LogP contribution < -0.4 is 10.1 Å². The average molecular weight is 445 g/mol. The van der Waals surface area contributed by atoms with Gasteiger partial charge in [0.25, 0.3) is 0 Å².